The normalized spacial score (nSPS) is 18.5. The van der Waals surface area contributed by atoms with Gasteiger partial charge in [-0.2, -0.15) is 0 Å². The monoisotopic (exact) mass is 427 g/mol. The highest BCUT2D eigenvalue weighted by Crippen LogP contribution is 2.42. The second kappa shape index (κ2) is 9.77. The van der Waals surface area contributed by atoms with E-state index in [1.54, 1.807) is 23.9 Å². The molecule has 0 spiro atoms. The van der Waals surface area contributed by atoms with Crippen molar-refractivity contribution in [1.82, 2.24) is 4.90 Å². The maximum Gasteiger partial charge on any atom is 0.123 e. The predicted octanol–water partition coefficient (Wildman–Crippen LogP) is 6.21. The number of nitrogens with zero attached hydrogens (tertiary/aromatic N) is 1. The first-order valence-electron chi connectivity index (χ1n) is 9.73. The van der Waals surface area contributed by atoms with Crippen LogP contribution in [0.5, 0.6) is 0 Å². The number of benzene rings is 3. The summed E-state index contributed by atoms with van der Waals surface area (Å²) < 4.78 is 20.2. The Morgan fingerprint density at radius 2 is 1.83 bits per heavy atom. The fourth-order valence-corrected chi connectivity index (χ4v) is 5.10. The quantitative estimate of drug-likeness (QED) is 0.433. The molecule has 1 aliphatic heterocycles. The Morgan fingerprint density at radius 3 is 2.62 bits per heavy atom. The number of morpholine rings is 1. The van der Waals surface area contributed by atoms with Crippen LogP contribution < -0.4 is 0 Å². The third kappa shape index (κ3) is 5.40. The molecule has 29 heavy (non-hydrogen) atoms. The van der Waals surface area contributed by atoms with Gasteiger partial charge in [-0.05, 0) is 35.4 Å². The first kappa shape index (κ1) is 20.4. The van der Waals surface area contributed by atoms with Gasteiger partial charge < -0.3 is 4.74 Å². The average molecular weight is 428 g/mol. The van der Waals surface area contributed by atoms with E-state index in [1.165, 1.54) is 11.6 Å². The van der Waals surface area contributed by atoms with Crippen LogP contribution in [0.25, 0.3) is 0 Å². The van der Waals surface area contributed by atoms with Gasteiger partial charge in [0.1, 0.15) is 5.82 Å². The maximum atomic E-state index is 14.0. The summed E-state index contributed by atoms with van der Waals surface area (Å²) in [7, 11) is 0. The first-order valence-corrected chi connectivity index (χ1v) is 11.0. The van der Waals surface area contributed by atoms with Crippen LogP contribution in [0.3, 0.4) is 0 Å². The van der Waals surface area contributed by atoms with Crippen LogP contribution in [0.15, 0.2) is 83.8 Å². The van der Waals surface area contributed by atoms with Crippen molar-refractivity contribution in [3.63, 3.8) is 0 Å². The van der Waals surface area contributed by atoms with Crippen molar-refractivity contribution in [2.45, 2.75) is 22.8 Å². The number of hydrogen-bond donors (Lipinski definition) is 0. The van der Waals surface area contributed by atoms with Crippen LogP contribution in [0.4, 0.5) is 4.39 Å². The lowest BCUT2D eigenvalue weighted by atomic mass is 10.1. The topological polar surface area (TPSA) is 12.5 Å². The molecule has 1 unspecified atom stereocenters. The molecule has 5 heteroatoms. The Kier molecular flexibility index (Phi) is 6.88. The van der Waals surface area contributed by atoms with E-state index in [1.807, 2.05) is 36.4 Å². The number of ether oxygens (including phenoxy) is 1. The molecule has 1 heterocycles. The molecule has 2 nitrogen and oxygen atoms in total. The fourth-order valence-electron chi connectivity index (χ4n) is 3.62. The maximum absolute atomic E-state index is 14.0. The number of thioether (sulfide) groups is 1. The lowest BCUT2D eigenvalue weighted by Gasteiger charge is -2.37. The molecule has 4 rings (SSSR count). The number of hydrogen-bond acceptors (Lipinski definition) is 3. The molecule has 1 aliphatic rings. The summed E-state index contributed by atoms with van der Waals surface area (Å²) in [4.78, 5) is 3.38. The molecular weight excluding hydrogens is 405 g/mol. The third-order valence-corrected chi connectivity index (χ3v) is 6.91. The van der Waals surface area contributed by atoms with Crippen molar-refractivity contribution in [1.29, 1.82) is 0 Å². The molecule has 0 bridgehead atoms. The van der Waals surface area contributed by atoms with Gasteiger partial charge in [0.05, 0.1) is 23.0 Å². The second-order valence-electron chi connectivity index (χ2n) is 7.15. The van der Waals surface area contributed by atoms with E-state index in [2.05, 4.69) is 29.2 Å². The molecule has 0 amide bonds. The number of halogens is 2. The molecule has 0 radical (unpaired) electrons. The van der Waals surface area contributed by atoms with Crippen LogP contribution in [0, 0.1) is 5.82 Å². The highest BCUT2D eigenvalue weighted by atomic mass is 35.5. The standard InChI is InChI=1S/C24H23ClFNOS/c25-21-11-4-5-12-23(21)29-24(19-9-6-10-20(26)15-19)22-17-27(13-14-28-22)16-18-7-2-1-3-8-18/h1-12,15,22,24H,13-14,16-17H2/t22-,24?/m1/s1. The zero-order valence-electron chi connectivity index (χ0n) is 16.0. The lowest BCUT2D eigenvalue weighted by molar-refractivity contribution is -0.0320. The molecule has 3 aromatic rings. The van der Waals surface area contributed by atoms with Crippen molar-refractivity contribution in [2.75, 3.05) is 19.7 Å². The summed E-state index contributed by atoms with van der Waals surface area (Å²) in [5.74, 6) is -0.232. The summed E-state index contributed by atoms with van der Waals surface area (Å²) >= 11 is 8.06. The van der Waals surface area contributed by atoms with Gasteiger partial charge in [-0.15, -0.1) is 11.8 Å². The minimum absolute atomic E-state index is 0.0517. The van der Waals surface area contributed by atoms with E-state index < -0.39 is 0 Å². The SMILES string of the molecule is Fc1cccc(C(Sc2ccccc2Cl)[C@H]2CN(Cc3ccccc3)CCO2)c1. The third-order valence-electron chi connectivity index (χ3n) is 5.03. The van der Waals surface area contributed by atoms with Gasteiger partial charge >= 0.3 is 0 Å². The summed E-state index contributed by atoms with van der Waals surface area (Å²) in [5.41, 5.74) is 2.20. The summed E-state index contributed by atoms with van der Waals surface area (Å²) in [6, 6.07) is 25.0. The lowest BCUT2D eigenvalue weighted by Crippen LogP contribution is -2.44. The van der Waals surface area contributed by atoms with E-state index in [0.29, 0.717) is 11.6 Å². The Morgan fingerprint density at radius 1 is 1.03 bits per heavy atom. The van der Waals surface area contributed by atoms with Gasteiger partial charge in [0.2, 0.25) is 0 Å². The number of rotatable bonds is 6. The van der Waals surface area contributed by atoms with Crippen molar-refractivity contribution < 1.29 is 9.13 Å². The van der Waals surface area contributed by atoms with Crippen LogP contribution >= 0.6 is 23.4 Å². The highest BCUT2D eigenvalue weighted by Gasteiger charge is 2.31. The highest BCUT2D eigenvalue weighted by molar-refractivity contribution is 7.99. The minimum atomic E-state index is -0.232. The van der Waals surface area contributed by atoms with Gasteiger partial charge in [0, 0.05) is 24.5 Å². The molecule has 0 aliphatic carbocycles. The molecule has 150 valence electrons. The fraction of sp³-hybridized carbons (Fsp3) is 0.250. The summed E-state index contributed by atoms with van der Waals surface area (Å²) in [5, 5.41) is 0.653. The zero-order chi connectivity index (χ0) is 20.1. The smallest absolute Gasteiger partial charge is 0.123 e. The molecule has 2 atom stereocenters. The zero-order valence-corrected chi connectivity index (χ0v) is 17.6. The first-order chi connectivity index (χ1) is 14.2. The Balaban J connectivity index is 1.57. The molecule has 0 N–H and O–H groups in total. The molecule has 3 aromatic carbocycles. The van der Waals surface area contributed by atoms with Crippen LogP contribution in [0.1, 0.15) is 16.4 Å². The molecule has 1 fully saturated rings. The van der Waals surface area contributed by atoms with Crippen molar-refractivity contribution >= 4 is 23.4 Å². The van der Waals surface area contributed by atoms with Gasteiger partial charge in [-0.1, -0.05) is 66.2 Å². The molecular formula is C24H23ClFNOS. The van der Waals surface area contributed by atoms with Crippen LogP contribution in [-0.2, 0) is 11.3 Å². The van der Waals surface area contributed by atoms with Crippen molar-refractivity contribution in [3.8, 4) is 0 Å². The summed E-state index contributed by atoms with van der Waals surface area (Å²) in [6.45, 7) is 3.21. The minimum Gasteiger partial charge on any atom is -0.374 e. The predicted molar refractivity (Wildman–Crippen MR) is 118 cm³/mol. The van der Waals surface area contributed by atoms with Gasteiger partial charge in [0.15, 0.2) is 0 Å². The largest absolute Gasteiger partial charge is 0.374 e. The van der Waals surface area contributed by atoms with Crippen molar-refractivity contribution in [2.24, 2.45) is 0 Å². The van der Waals surface area contributed by atoms with Crippen LogP contribution in [0.2, 0.25) is 5.02 Å². The van der Waals surface area contributed by atoms with Gasteiger partial charge in [-0.3, -0.25) is 4.90 Å². The Bertz CT molecular complexity index is 939. The van der Waals surface area contributed by atoms with Crippen LogP contribution in [-0.4, -0.2) is 30.7 Å². The Labute approximate surface area is 180 Å². The Hall–Kier alpha value is -1.85. The van der Waals surface area contributed by atoms with E-state index in [0.717, 1.165) is 30.1 Å². The average Bonchev–Trinajstić information content (AvgIpc) is 2.74. The van der Waals surface area contributed by atoms with E-state index >= 15 is 0 Å². The van der Waals surface area contributed by atoms with E-state index in [4.69, 9.17) is 16.3 Å². The van der Waals surface area contributed by atoms with E-state index in [-0.39, 0.29) is 17.2 Å². The second-order valence-corrected chi connectivity index (χ2v) is 8.74. The molecule has 0 aromatic heterocycles. The summed E-state index contributed by atoms with van der Waals surface area (Å²) in [6.07, 6.45) is -0.0597. The van der Waals surface area contributed by atoms with Gasteiger partial charge in [-0.25, -0.2) is 4.39 Å². The molecule has 0 saturated carbocycles. The van der Waals surface area contributed by atoms with E-state index in [9.17, 15) is 4.39 Å². The van der Waals surface area contributed by atoms with Gasteiger partial charge in [0.25, 0.3) is 0 Å². The molecule has 1 saturated heterocycles. The van der Waals surface area contributed by atoms with Crippen molar-refractivity contribution in [3.05, 3.63) is 101 Å².